The van der Waals surface area contributed by atoms with Crippen LogP contribution in [-0.4, -0.2) is 18.7 Å². The Labute approximate surface area is 65.5 Å². The van der Waals surface area contributed by atoms with Gasteiger partial charge in [-0.05, 0) is 24.7 Å². The predicted molar refractivity (Wildman–Crippen MR) is 42.0 cm³/mol. The number of aromatic nitrogens is 1. The Balaban J connectivity index is 2.74. The van der Waals surface area contributed by atoms with Crippen LogP contribution in [0.2, 0.25) is 0 Å². The van der Waals surface area contributed by atoms with Gasteiger partial charge in [-0.25, -0.2) is 4.39 Å². The van der Waals surface area contributed by atoms with Crippen molar-refractivity contribution in [2.75, 3.05) is 13.7 Å². The number of rotatable bonds is 3. The van der Waals surface area contributed by atoms with Crippen LogP contribution in [0.15, 0.2) is 24.5 Å². The van der Waals surface area contributed by atoms with Gasteiger partial charge >= 0.3 is 0 Å². The summed E-state index contributed by atoms with van der Waals surface area (Å²) in [5, 5.41) is 2.87. The van der Waals surface area contributed by atoms with Crippen molar-refractivity contribution in [3.8, 4) is 0 Å². The molecule has 0 spiro atoms. The van der Waals surface area contributed by atoms with Gasteiger partial charge in [0.05, 0.1) is 6.04 Å². The first-order valence-corrected chi connectivity index (χ1v) is 3.51. The van der Waals surface area contributed by atoms with E-state index in [2.05, 4.69) is 10.3 Å². The molecular formula is C8H11FN2. The molecule has 0 aromatic carbocycles. The first-order valence-electron chi connectivity index (χ1n) is 3.51. The minimum Gasteiger partial charge on any atom is -0.311 e. The zero-order valence-electron chi connectivity index (χ0n) is 6.42. The number of nitrogens with one attached hydrogen (secondary N) is 1. The van der Waals surface area contributed by atoms with E-state index in [0.29, 0.717) is 0 Å². The van der Waals surface area contributed by atoms with E-state index in [1.165, 1.54) is 0 Å². The molecule has 0 radical (unpaired) electrons. The predicted octanol–water partition coefficient (Wildman–Crippen LogP) is 1.31. The molecule has 1 atom stereocenters. The molecule has 0 aliphatic heterocycles. The van der Waals surface area contributed by atoms with Crippen LogP contribution in [0.5, 0.6) is 0 Å². The lowest BCUT2D eigenvalue weighted by Crippen LogP contribution is -2.17. The lowest BCUT2D eigenvalue weighted by molar-refractivity contribution is 0.399. The smallest absolute Gasteiger partial charge is 0.109 e. The lowest BCUT2D eigenvalue weighted by atomic mass is 10.1. The molecule has 0 amide bonds. The van der Waals surface area contributed by atoms with Crippen LogP contribution in [0.25, 0.3) is 0 Å². The fourth-order valence-corrected chi connectivity index (χ4v) is 0.929. The van der Waals surface area contributed by atoms with E-state index in [-0.39, 0.29) is 12.7 Å². The van der Waals surface area contributed by atoms with Gasteiger partial charge in [0.1, 0.15) is 6.67 Å². The molecule has 0 bridgehead atoms. The molecule has 0 aliphatic carbocycles. The number of hydrogen-bond donors (Lipinski definition) is 1. The summed E-state index contributed by atoms with van der Waals surface area (Å²) in [5.74, 6) is 0. The SMILES string of the molecule is CNC(CF)c1ccncc1. The van der Waals surface area contributed by atoms with Crippen molar-refractivity contribution < 1.29 is 4.39 Å². The quantitative estimate of drug-likeness (QED) is 0.710. The van der Waals surface area contributed by atoms with Crippen molar-refractivity contribution in [3.05, 3.63) is 30.1 Å². The number of pyridine rings is 1. The summed E-state index contributed by atoms with van der Waals surface area (Å²) in [4.78, 5) is 3.85. The van der Waals surface area contributed by atoms with Crippen molar-refractivity contribution in [1.82, 2.24) is 10.3 Å². The van der Waals surface area contributed by atoms with Crippen LogP contribution in [0.1, 0.15) is 11.6 Å². The van der Waals surface area contributed by atoms with Crippen LogP contribution >= 0.6 is 0 Å². The monoisotopic (exact) mass is 154 g/mol. The highest BCUT2D eigenvalue weighted by atomic mass is 19.1. The van der Waals surface area contributed by atoms with Gasteiger partial charge < -0.3 is 5.32 Å². The molecular weight excluding hydrogens is 143 g/mol. The zero-order chi connectivity index (χ0) is 8.10. The number of halogens is 1. The summed E-state index contributed by atoms with van der Waals surface area (Å²) in [7, 11) is 1.74. The van der Waals surface area contributed by atoms with Gasteiger partial charge in [0.2, 0.25) is 0 Å². The van der Waals surface area contributed by atoms with E-state index in [0.717, 1.165) is 5.56 Å². The third-order valence-electron chi connectivity index (χ3n) is 1.61. The molecule has 60 valence electrons. The molecule has 2 nitrogen and oxygen atoms in total. The van der Waals surface area contributed by atoms with E-state index in [4.69, 9.17) is 0 Å². The number of nitrogens with zero attached hydrogens (tertiary/aromatic N) is 1. The van der Waals surface area contributed by atoms with Gasteiger partial charge in [-0.3, -0.25) is 4.98 Å². The largest absolute Gasteiger partial charge is 0.311 e. The molecule has 1 aromatic heterocycles. The van der Waals surface area contributed by atoms with E-state index in [1.807, 2.05) is 0 Å². The second-order valence-electron chi connectivity index (χ2n) is 2.28. The third-order valence-corrected chi connectivity index (χ3v) is 1.61. The summed E-state index contributed by atoms with van der Waals surface area (Å²) in [6, 6.07) is 3.42. The summed E-state index contributed by atoms with van der Waals surface area (Å²) in [6.45, 7) is -0.388. The molecule has 3 heteroatoms. The molecule has 1 aromatic rings. The molecule has 11 heavy (non-hydrogen) atoms. The number of alkyl halides is 1. The Morgan fingerprint density at radius 2 is 2.18 bits per heavy atom. The van der Waals surface area contributed by atoms with Crippen molar-refractivity contribution >= 4 is 0 Å². The van der Waals surface area contributed by atoms with Gasteiger partial charge in [0.25, 0.3) is 0 Å². The molecule has 1 rings (SSSR count). The summed E-state index contributed by atoms with van der Waals surface area (Å²) < 4.78 is 12.3. The highest BCUT2D eigenvalue weighted by Gasteiger charge is 2.06. The topological polar surface area (TPSA) is 24.9 Å². The highest BCUT2D eigenvalue weighted by molar-refractivity contribution is 5.14. The minimum absolute atomic E-state index is 0.196. The maximum atomic E-state index is 12.3. The Morgan fingerprint density at radius 3 is 2.64 bits per heavy atom. The van der Waals surface area contributed by atoms with Crippen LogP contribution in [-0.2, 0) is 0 Å². The molecule has 0 aliphatic rings. The maximum absolute atomic E-state index is 12.3. The normalized spacial score (nSPS) is 12.9. The average molecular weight is 154 g/mol. The van der Waals surface area contributed by atoms with Gasteiger partial charge in [-0.1, -0.05) is 0 Å². The summed E-state index contributed by atoms with van der Waals surface area (Å²) >= 11 is 0. The van der Waals surface area contributed by atoms with Crippen molar-refractivity contribution in [3.63, 3.8) is 0 Å². The molecule has 0 fully saturated rings. The molecule has 1 N–H and O–H groups in total. The van der Waals surface area contributed by atoms with Gasteiger partial charge in [-0.15, -0.1) is 0 Å². The average Bonchev–Trinajstić information content (AvgIpc) is 2.09. The fourth-order valence-electron chi connectivity index (χ4n) is 0.929. The van der Waals surface area contributed by atoms with Crippen LogP contribution in [0.4, 0.5) is 4.39 Å². The summed E-state index contributed by atoms with van der Waals surface area (Å²) in [5.41, 5.74) is 0.935. The van der Waals surface area contributed by atoms with E-state index >= 15 is 0 Å². The first-order chi connectivity index (χ1) is 5.38. The fraction of sp³-hybridized carbons (Fsp3) is 0.375. The van der Waals surface area contributed by atoms with Crippen LogP contribution < -0.4 is 5.32 Å². The molecule has 1 heterocycles. The maximum Gasteiger partial charge on any atom is 0.109 e. The van der Waals surface area contributed by atoms with E-state index in [1.54, 1.807) is 31.6 Å². The zero-order valence-corrected chi connectivity index (χ0v) is 6.42. The van der Waals surface area contributed by atoms with Gasteiger partial charge in [0.15, 0.2) is 0 Å². The van der Waals surface area contributed by atoms with Crippen molar-refractivity contribution in [1.29, 1.82) is 0 Å². The Morgan fingerprint density at radius 1 is 1.55 bits per heavy atom. The Bertz CT molecular complexity index is 197. The standard InChI is InChI=1S/C8H11FN2/c1-10-8(6-9)7-2-4-11-5-3-7/h2-5,8,10H,6H2,1H3. The molecule has 0 saturated carbocycles. The minimum atomic E-state index is -0.388. The highest BCUT2D eigenvalue weighted by Crippen LogP contribution is 2.10. The second-order valence-corrected chi connectivity index (χ2v) is 2.28. The number of hydrogen-bond acceptors (Lipinski definition) is 2. The van der Waals surface area contributed by atoms with Gasteiger partial charge in [0, 0.05) is 12.4 Å². The van der Waals surface area contributed by atoms with Crippen LogP contribution in [0, 0.1) is 0 Å². The van der Waals surface area contributed by atoms with E-state index < -0.39 is 0 Å². The molecule has 1 unspecified atom stereocenters. The van der Waals surface area contributed by atoms with Crippen LogP contribution in [0.3, 0.4) is 0 Å². The second kappa shape index (κ2) is 4.03. The van der Waals surface area contributed by atoms with Crippen molar-refractivity contribution in [2.45, 2.75) is 6.04 Å². The molecule has 0 saturated heterocycles. The lowest BCUT2D eigenvalue weighted by Gasteiger charge is -2.10. The Hall–Kier alpha value is -0.960. The Kier molecular flexibility index (Phi) is 2.98. The van der Waals surface area contributed by atoms with E-state index in [9.17, 15) is 4.39 Å². The summed E-state index contributed by atoms with van der Waals surface area (Å²) in [6.07, 6.45) is 3.32. The third kappa shape index (κ3) is 1.98. The van der Waals surface area contributed by atoms with Crippen molar-refractivity contribution in [2.24, 2.45) is 0 Å². The first kappa shape index (κ1) is 8.14. The van der Waals surface area contributed by atoms with Gasteiger partial charge in [-0.2, -0.15) is 0 Å².